The van der Waals surface area contributed by atoms with Crippen molar-refractivity contribution in [3.8, 4) is 5.75 Å². The number of nitrogens with zero attached hydrogens (tertiary/aromatic N) is 3. The van der Waals surface area contributed by atoms with E-state index in [4.69, 9.17) is 4.74 Å². The summed E-state index contributed by atoms with van der Waals surface area (Å²) in [6, 6.07) is 19.1. The van der Waals surface area contributed by atoms with Crippen LogP contribution in [-0.4, -0.2) is 26.2 Å². The molecule has 0 saturated carbocycles. The van der Waals surface area contributed by atoms with Crippen molar-refractivity contribution in [2.45, 2.75) is 20.0 Å². The molecule has 4 aromatic rings. The smallest absolute Gasteiger partial charge is 0.274 e. The van der Waals surface area contributed by atoms with Crippen LogP contribution < -0.4 is 20.9 Å². The van der Waals surface area contributed by atoms with Crippen LogP contribution in [0.4, 0.5) is 11.6 Å². The van der Waals surface area contributed by atoms with Gasteiger partial charge < -0.3 is 15.4 Å². The van der Waals surface area contributed by atoms with Crippen LogP contribution in [0.3, 0.4) is 0 Å². The number of anilines is 2. The van der Waals surface area contributed by atoms with Gasteiger partial charge in [-0.2, -0.15) is 9.50 Å². The second kappa shape index (κ2) is 8.47. The average molecular weight is 390 g/mol. The maximum atomic E-state index is 12.4. The van der Waals surface area contributed by atoms with Crippen molar-refractivity contribution in [1.29, 1.82) is 0 Å². The zero-order valence-electron chi connectivity index (χ0n) is 16.1. The summed E-state index contributed by atoms with van der Waals surface area (Å²) in [6.45, 7) is 3.59. The minimum Gasteiger partial charge on any atom is -0.494 e. The van der Waals surface area contributed by atoms with Gasteiger partial charge >= 0.3 is 0 Å². The van der Waals surface area contributed by atoms with Crippen LogP contribution in [0.25, 0.3) is 5.78 Å². The summed E-state index contributed by atoms with van der Waals surface area (Å²) in [4.78, 5) is 21.2. The normalized spacial score (nSPS) is 10.8. The van der Waals surface area contributed by atoms with Crippen LogP contribution in [-0.2, 0) is 13.1 Å². The summed E-state index contributed by atoms with van der Waals surface area (Å²) in [5.74, 6) is 1.65. The highest BCUT2D eigenvalue weighted by molar-refractivity contribution is 5.47. The van der Waals surface area contributed by atoms with Gasteiger partial charge in [-0.3, -0.25) is 9.89 Å². The molecule has 2 aromatic carbocycles. The van der Waals surface area contributed by atoms with Crippen molar-refractivity contribution in [3.05, 3.63) is 82.3 Å². The number of ether oxygens (including phenoxy) is 1. The first-order chi connectivity index (χ1) is 14.2. The third-order valence-corrected chi connectivity index (χ3v) is 4.33. The summed E-state index contributed by atoms with van der Waals surface area (Å²) in [6.07, 6.45) is 0. The highest BCUT2D eigenvalue weighted by Gasteiger charge is 2.08. The third kappa shape index (κ3) is 4.55. The average Bonchev–Trinajstić information content (AvgIpc) is 3.16. The predicted octanol–water partition coefficient (Wildman–Crippen LogP) is 3.04. The Morgan fingerprint density at radius 1 is 1.00 bits per heavy atom. The van der Waals surface area contributed by atoms with Crippen molar-refractivity contribution < 1.29 is 4.74 Å². The van der Waals surface area contributed by atoms with E-state index in [1.807, 2.05) is 61.5 Å². The van der Waals surface area contributed by atoms with E-state index in [0.717, 1.165) is 17.0 Å². The van der Waals surface area contributed by atoms with Crippen molar-refractivity contribution >= 4 is 17.4 Å². The highest BCUT2D eigenvalue weighted by atomic mass is 16.5. The molecule has 0 saturated heterocycles. The van der Waals surface area contributed by atoms with Gasteiger partial charge in [-0.1, -0.05) is 30.3 Å². The summed E-state index contributed by atoms with van der Waals surface area (Å²) in [7, 11) is 0. The second-order valence-corrected chi connectivity index (χ2v) is 6.44. The molecule has 8 nitrogen and oxygen atoms in total. The molecule has 0 aliphatic heterocycles. The van der Waals surface area contributed by atoms with E-state index >= 15 is 0 Å². The molecule has 2 heterocycles. The zero-order chi connectivity index (χ0) is 20.1. The molecule has 0 aliphatic rings. The van der Waals surface area contributed by atoms with Gasteiger partial charge in [-0.15, -0.1) is 0 Å². The second-order valence-electron chi connectivity index (χ2n) is 6.44. The summed E-state index contributed by atoms with van der Waals surface area (Å²) in [5.41, 5.74) is 2.44. The third-order valence-electron chi connectivity index (χ3n) is 4.33. The standard InChI is InChI=1S/C21H22N6O2/c1-2-29-18-10-8-16(9-11-18)22-14-17-12-19(28)27-21(24-17)25-20(26-27)23-13-15-6-4-3-5-7-15/h3-12,22H,2,13-14H2,1H3,(H2,23,24,25,26). The maximum absolute atomic E-state index is 12.4. The Morgan fingerprint density at radius 3 is 2.55 bits per heavy atom. The number of aromatic nitrogens is 4. The van der Waals surface area contributed by atoms with E-state index in [9.17, 15) is 4.79 Å². The molecule has 0 spiro atoms. The van der Waals surface area contributed by atoms with E-state index in [1.54, 1.807) is 0 Å². The van der Waals surface area contributed by atoms with Crippen LogP contribution in [0, 0.1) is 0 Å². The number of nitrogens with one attached hydrogen (secondary N) is 3. The quantitative estimate of drug-likeness (QED) is 0.428. The molecular formula is C21H22N6O2. The summed E-state index contributed by atoms with van der Waals surface area (Å²) >= 11 is 0. The lowest BCUT2D eigenvalue weighted by atomic mass is 10.2. The molecule has 29 heavy (non-hydrogen) atoms. The number of hydrogen-bond acceptors (Lipinski definition) is 6. The van der Waals surface area contributed by atoms with Gasteiger partial charge in [-0.05, 0) is 36.8 Å². The number of hydrogen-bond donors (Lipinski definition) is 3. The first-order valence-corrected chi connectivity index (χ1v) is 9.44. The molecular weight excluding hydrogens is 368 g/mol. The fraction of sp³-hybridized carbons (Fsp3) is 0.190. The Bertz CT molecular complexity index is 1140. The Labute approximate surface area is 167 Å². The lowest BCUT2D eigenvalue weighted by Gasteiger charge is -2.07. The van der Waals surface area contributed by atoms with Crippen molar-refractivity contribution in [2.75, 3.05) is 17.2 Å². The largest absolute Gasteiger partial charge is 0.494 e. The van der Waals surface area contributed by atoms with E-state index in [1.165, 1.54) is 10.6 Å². The maximum Gasteiger partial charge on any atom is 0.274 e. The molecule has 8 heteroatoms. The van der Waals surface area contributed by atoms with Crippen molar-refractivity contribution in [3.63, 3.8) is 0 Å². The monoisotopic (exact) mass is 390 g/mol. The van der Waals surface area contributed by atoms with Gasteiger partial charge in [-0.25, -0.2) is 4.98 Å². The number of rotatable bonds is 8. The SMILES string of the molecule is CCOc1ccc(NCc2cc(=O)n3[nH]c(NCc4ccccc4)nc3n2)cc1. The Hall–Kier alpha value is -3.81. The number of aromatic amines is 1. The molecule has 0 bridgehead atoms. The molecule has 0 atom stereocenters. The van der Waals surface area contributed by atoms with Crippen molar-refractivity contribution in [2.24, 2.45) is 0 Å². The van der Waals surface area contributed by atoms with Crippen LogP contribution in [0.2, 0.25) is 0 Å². The van der Waals surface area contributed by atoms with Gasteiger partial charge in [0, 0.05) is 18.3 Å². The van der Waals surface area contributed by atoms with E-state index < -0.39 is 0 Å². The minimum atomic E-state index is -0.209. The Balaban J connectivity index is 1.44. The number of H-pyrrole nitrogens is 1. The fourth-order valence-electron chi connectivity index (χ4n) is 2.91. The first kappa shape index (κ1) is 18.5. The van der Waals surface area contributed by atoms with Crippen LogP contribution in [0.15, 0.2) is 65.5 Å². The van der Waals surface area contributed by atoms with Crippen LogP contribution >= 0.6 is 0 Å². The molecule has 0 radical (unpaired) electrons. The molecule has 0 fully saturated rings. The number of fused-ring (bicyclic) bond motifs is 1. The summed E-state index contributed by atoms with van der Waals surface area (Å²) in [5, 5.41) is 9.37. The molecule has 148 valence electrons. The Morgan fingerprint density at radius 2 is 1.79 bits per heavy atom. The van der Waals surface area contributed by atoms with E-state index in [2.05, 4.69) is 25.7 Å². The van der Waals surface area contributed by atoms with E-state index in [-0.39, 0.29) is 5.56 Å². The Kier molecular flexibility index (Phi) is 5.42. The van der Waals surface area contributed by atoms with Gasteiger partial charge in [0.15, 0.2) is 0 Å². The predicted molar refractivity (Wildman–Crippen MR) is 112 cm³/mol. The molecule has 0 amide bonds. The lowest BCUT2D eigenvalue weighted by molar-refractivity contribution is 0.340. The van der Waals surface area contributed by atoms with E-state index in [0.29, 0.717) is 37.1 Å². The molecule has 4 rings (SSSR count). The van der Waals surface area contributed by atoms with Crippen LogP contribution in [0.5, 0.6) is 5.75 Å². The van der Waals surface area contributed by atoms with Gasteiger partial charge in [0.2, 0.25) is 5.95 Å². The van der Waals surface area contributed by atoms with Gasteiger partial charge in [0.1, 0.15) is 5.75 Å². The molecule has 3 N–H and O–H groups in total. The van der Waals surface area contributed by atoms with Gasteiger partial charge in [0.25, 0.3) is 11.3 Å². The van der Waals surface area contributed by atoms with Crippen LogP contribution in [0.1, 0.15) is 18.2 Å². The topological polar surface area (TPSA) is 96.3 Å². The lowest BCUT2D eigenvalue weighted by Crippen LogP contribution is -2.17. The zero-order valence-corrected chi connectivity index (χ0v) is 16.1. The van der Waals surface area contributed by atoms with Crippen molar-refractivity contribution in [1.82, 2.24) is 19.6 Å². The first-order valence-electron chi connectivity index (χ1n) is 9.44. The molecule has 2 aromatic heterocycles. The summed E-state index contributed by atoms with van der Waals surface area (Å²) < 4.78 is 6.76. The minimum absolute atomic E-state index is 0.209. The molecule has 0 aliphatic carbocycles. The fourth-order valence-corrected chi connectivity index (χ4v) is 2.91. The number of benzene rings is 2. The highest BCUT2D eigenvalue weighted by Crippen LogP contribution is 2.16. The molecule has 0 unspecified atom stereocenters. The van der Waals surface area contributed by atoms with Gasteiger partial charge in [0.05, 0.1) is 18.8 Å².